The molecule has 118 valence electrons. The van der Waals surface area contributed by atoms with Crippen molar-refractivity contribution in [1.29, 1.82) is 0 Å². The third kappa shape index (κ3) is 2.96. The molecule has 3 aromatic rings. The van der Waals surface area contributed by atoms with Gasteiger partial charge in [0, 0.05) is 25.5 Å². The molecule has 0 radical (unpaired) electrons. The van der Waals surface area contributed by atoms with E-state index in [9.17, 15) is 4.79 Å². The molecule has 0 saturated heterocycles. The highest BCUT2D eigenvalue weighted by Gasteiger charge is 2.22. The number of imidazole rings is 1. The third-order valence-electron chi connectivity index (χ3n) is 3.75. The molecule has 0 N–H and O–H groups in total. The van der Waals surface area contributed by atoms with Crippen molar-refractivity contribution >= 4 is 17.2 Å². The maximum absolute atomic E-state index is 12.9. The van der Waals surface area contributed by atoms with Crippen LogP contribution in [0.2, 0.25) is 0 Å². The molecular weight excluding hydrogens is 288 g/mol. The summed E-state index contributed by atoms with van der Waals surface area (Å²) in [5.41, 5.74) is 3.04. The Kier molecular flexibility index (Phi) is 4.12. The van der Waals surface area contributed by atoms with E-state index in [1.807, 2.05) is 78.1 Å². The van der Waals surface area contributed by atoms with Crippen molar-refractivity contribution in [2.75, 3.05) is 26.0 Å². The fraction of sp³-hybridized carbons (Fsp3) is 0.222. The predicted molar refractivity (Wildman–Crippen MR) is 91.8 cm³/mol. The molecule has 5 heteroatoms. The average molecular weight is 308 g/mol. The van der Waals surface area contributed by atoms with Crippen molar-refractivity contribution in [1.82, 2.24) is 14.3 Å². The number of para-hydroxylation sites is 1. The smallest absolute Gasteiger partial charge is 0.278 e. The zero-order valence-electron chi connectivity index (χ0n) is 13.6. The zero-order chi connectivity index (χ0) is 16.4. The summed E-state index contributed by atoms with van der Waals surface area (Å²) >= 11 is 0. The number of carbonyl (C=O) groups is 1. The molecule has 2 heterocycles. The Labute approximate surface area is 135 Å². The molecule has 0 spiro atoms. The van der Waals surface area contributed by atoms with Crippen molar-refractivity contribution in [3.8, 4) is 0 Å². The summed E-state index contributed by atoms with van der Waals surface area (Å²) in [7, 11) is 5.75. The molecule has 0 fully saturated rings. The Hall–Kier alpha value is -2.66. The number of amides is 1. The summed E-state index contributed by atoms with van der Waals surface area (Å²) in [5, 5.41) is 0. The number of benzene rings is 1. The van der Waals surface area contributed by atoms with E-state index in [0.29, 0.717) is 12.2 Å². The standard InChI is InChI=1S/C18H20N4O/c1-20(2)13-15-17(19-16-11-7-8-12-22(15)16)18(23)21(3)14-9-5-4-6-10-14/h4-12H,13H2,1-3H3. The maximum Gasteiger partial charge on any atom is 0.278 e. The zero-order valence-corrected chi connectivity index (χ0v) is 13.6. The second-order valence-corrected chi connectivity index (χ2v) is 5.77. The predicted octanol–water partition coefficient (Wildman–Crippen LogP) is 2.67. The first-order valence-corrected chi connectivity index (χ1v) is 7.51. The Morgan fingerprint density at radius 3 is 2.43 bits per heavy atom. The minimum absolute atomic E-state index is 0.100. The van der Waals surface area contributed by atoms with Crippen LogP contribution in [0.25, 0.3) is 5.65 Å². The Morgan fingerprint density at radius 2 is 1.74 bits per heavy atom. The van der Waals surface area contributed by atoms with Crippen molar-refractivity contribution < 1.29 is 4.79 Å². The van der Waals surface area contributed by atoms with Crippen LogP contribution in [0.1, 0.15) is 16.2 Å². The van der Waals surface area contributed by atoms with E-state index in [2.05, 4.69) is 4.98 Å². The number of anilines is 1. The summed E-state index contributed by atoms with van der Waals surface area (Å²) < 4.78 is 1.98. The van der Waals surface area contributed by atoms with Crippen molar-refractivity contribution in [3.63, 3.8) is 0 Å². The highest BCUT2D eigenvalue weighted by atomic mass is 16.2. The SMILES string of the molecule is CN(C)Cc1c(C(=O)N(C)c2ccccc2)nc2ccccn12. The van der Waals surface area contributed by atoms with Gasteiger partial charge in [-0.05, 0) is 38.4 Å². The summed E-state index contributed by atoms with van der Waals surface area (Å²) in [5.74, 6) is -0.100. The normalized spacial score (nSPS) is 11.1. The Balaban J connectivity index is 2.06. The van der Waals surface area contributed by atoms with E-state index in [0.717, 1.165) is 17.0 Å². The molecule has 3 rings (SSSR count). The number of hydrogen-bond acceptors (Lipinski definition) is 3. The molecule has 2 aromatic heterocycles. The minimum Gasteiger partial charge on any atom is -0.310 e. The number of nitrogens with zero attached hydrogens (tertiary/aromatic N) is 4. The van der Waals surface area contributed by atoms with Crippen LogP contribution < -0.4 is 4.90 Å². The van der Waals surface area contributed by atoms with Crippen LogP contribution >= 0.6 is 0 Å². The molecule has 0 bridgehead atoms. The summed E-state index contributed by atoms with van der Waals surface area (Å²) in [6, 6.07) is 15.4. The average Bonchev–Trinajstić information content (AvgIpc) is 2.92. The number of carbonyl (C=O) groups excluding carboxylic acids is 1. The molecule has 5 nitrogen and oxygen atoms in total. The quantitative estimate of drug-likeness (QED) is 0.744. The first-order valence-electron chi connectivity index (χ1n) is 7.51. The molecule has 1 aromatic carbocycles. The van der Waals surface area contributed by atoms with E-state index in [-0.39, 0.29) is 5.91 Å². The van der Waals surface area contributed by atoms with Crippen LogP contribution in [0.15, 0.2) is 54.7 Å². The van der Waals surface area contributed by atoms with E-state index in [1.54, 1.807) is 11.9 Å². The fourth-order valence-corrected chi connectivity index (χ4v) is 2.60. The highest BCUT2D eigenvalue weighted by molar-refractivity contribution is 6.05. The van der Waals surface area contributed by atoms with Gasteiger partial charge >= 0.3 is 0 Å². The summed E-state index contributed by atoms with van der Waals surface area (Å²) in [6.45, 7) is 0.648. The highest BCUT2D eigenvalue weighted by Crippen LogP contribution is 2.19. The molecule has 0 aliphatic rings. The van der Waals surface area contributed by atoms with Gasteiger partial charge in [0.05, 0.1) is 5.69 Å². The lowest BCUT2D eigenvalue weighted by Crippen LogP contribution is -2.28. The maximum atomic E-state index is 12.9. The number of fused-ring (bicyclic) bond motifs is 1. The van der Waals surface area contributed by atoms with Crippen LogP contribution in [0, 0.1) is 0 Å². The lowest BCUT2D eigenvalue weighted by atomic mass is 10.2. The Morgan fingerprint density at radius 1 is 1.04 bits per heavy atom. The van der Waals surface area contributed by atoms with Crippen LogP contribution in [0.5, 0.6) is 0 Å². The number of rotatable bonds is 4. The van der Waals surface area contributed by atoms with Gasteiger partial charge in [-0.2, -0.15) is 0 Å². The van der Waals surface area contributed by atoms with E-state index >= 15 is 0 Å². The number of pyridine rings is 1. The molecule has 1 amide bonds. The minimum atomic E-state index is -0.100. The third-order valence-corrected chi connectivity index (χ3v) is 3.75. The molecule has 23 heavy (non-hydrogen) atoms. The van der Waals surface area contributed by atoms with Gasteiger partial charge in [-0.1, -0.05) is 24.3 Å². The topological polar surface area (TPSA) is 40.9 Å². The number of hydrogen-bond donors (Lipinski definition) is 0. The van der Waals surface area contributed by atoms with Crippen LogP contribution in [0.4, 0.5) is 5.69 Å². The summed E-state index contributed by atoms with van der Waals surface area (Å²) in [6.07, 6.45) is 1.94. The van der Waals surface area contributed by atoms with Gasteiger partial charge in [0.2, 0.25) is 0 Å². The molecular formula is C18H20N4O. The molecule has 0 unspecified atom stereocenters. The van der Waals surface area contributed by atoms with Crippen molar-refractivity contribution in [2.24, 2.45) is 0 Å². The molecule has 0 aliphatic carbocycles. The first-order chi connectivity index (χ1) is 11.1. The van der Waals surface area contributed by atoms with Gasteiger partial charge in [-0.3, -0.25) is 4.79 Å². The second kappa shape index (κ2) is 6.22. The monoisotopic (exact) mass is 308 g/mol. The molecule has 0 aliphatic heterocycles. The van der Waals surface area contributed by atoms with Crippen LogP contribution in [-0.2, 0) is 6.54 Å². The van der Waals surface area contributed by atoms with Crippen LogP contribution in [-0.4, -0.2) is 41.3 Å². The largest absolute Gasteiger partial charge is 0.310 e. The van der Waals surface area contributed by atoms with E-state index in [4.69, 9.17) is 0 Å². The lowest BCUT2D eigenvalue weighted by molar-refractivity contribution is 0.0987. The lowest BCUT2D eigenvalue weighted by Gasteiger charge is -2.17. The van der Waals surface area contributed by atoms with Crippen molar-refractivity contribution in [3.05, 3.63) is 66.1 Å². The van der Waals surface area contributed by atoms with Gasteiger partial charge < -0.3 is 14.2 Å². The van der Waals surface area contributed by atoms with Gasteiger partial charge in [0.25, 0.3) is 5.91 Å². The van der Waals surface area contributed by atoms with Gasteiger partial charge in [-0.15, -0.1) is 0 Å². The fourth-order valence-electron chi connectivity index (χ4n) is 2.60. The van der Waals surface area contributed by atoms with Gasteiger partial charge in [0.15, 0.2) is 5.69 Å². The van der Waals surface area contributed by atoms with Gasteiger partial charge in [-0.25, -0.2) is 4.98 Å². The van der Waals surface area contributed by atoms with E-state index < -0.39 is 0 Å². The summed E-state index contributed by atoms with van der Waals surface area (Å²) in [4.78, 5) is 21.2. The first kappa shape index (κ1) is 15.2. The van der Waals surface area contributed by atoms with E-state index in [1.165, 1.54) is 0 Å². The number of aromatic nitrogens is 2. The molecule has 0 atom stereocenters. The van der Waals surface area contributed by atoms with Crippen molar-refractivity contribution in [2.45, 2.75) is 6.54 Å². The second-order valence-electron chi connectivity index (χ2n) is 5.77. The van der Waals surface area contributed by atoms with Crippen LogP contribution in [0.3, 0.4) is 0 Å². The Bertz CT molecular complexity index is 823. The molecule has 0 saturated carbocycles. The van der Waals surface area contributed by atoms with Gasteiger partial charge in [0.1, 0.15) is 5.65 Å².